The molecular weight excluding hydrogens is 328 g/mol. The Morgan fingerprint density at radius 1 is 1.12 bits per heavy atom. The lowest BCUT2D eigenvalue weighted by Gasteiger charge is -2.27. The second-order valence-electron chi connectivity index (χ2n) is 5.77. The number of hydrogen-bond donors (Lipinski definition) is 0. The zero-order chi connectivity index (χ0) is 17.8. The third kappa shape index (κ3) is 3.85. The first kappa shape index (κ1) is 17.1. The highest BCUT2D eigenvalue weighted by Crippen LogP contribution is 2.19. The number of carbonyl (C=O) groups excluding carboxylic acids is 4. The molecule has 1 saturated heterocycles. The van der Waals surface area contributed by atoms with Gasteiger partial charge in [-0.1, -0.05) is 18.2 Å². The van der Waals surface area contributed by atoms with Gasteiger partial charge in [-0.15, -0.1) is 0 Å². The Morgan fingerprint density at radius 3 is 2.60 bits per heavy atom. The molecule has 2 heterocycles. The average Bonchev–Trinajstić information content (AvgIpc) is 2.64. The highest BCUT2D eigenvalue weighted by Gasteiger charge is 2.32. The van der Waals surface area contributed by atoms with Gasteiger partial charge in [-0.25, -0.2) is 0 Å². The van der Waals surface area contributed by atoms with Gasteiger partial charge in [0.05, 0.1) is 19.6 Å². The molecular formula is C17H18N2O6. The van der Waals surface area contributed by atoms with Crippen molar-refractivity contribution in [1.82, 2.24) is 9.80 Å². The van der Waals surface area contributed by atoms with E-state index in [0.717, 1.165) is 4.90 Å². The molecule has 3 rings (SSSR count). The molecule has 0 spiro atoms. The fourth-order valence-corrected chi connectivity index (χ4v) is 2.78. The molecule has 0 aromatic heterocycles. The summed E-state index contributed by atoms with van der Waals surface area (Å²) < 4.78 is 10.1. The first-order valence-corrected chi connectivity index (χ1v) is 8.00. The largest absolute Gasteiger partial charge is 0.454 e. The Kier molecular flexibility index (Phi) is 5.08. The molecule has 0 saturated carbocycles. The number of morpholine rings is 1. The van der Waals surface area contributed by atoms with E-state index in [1.54, 1.807) is 29.2 Å². The monoisotopic (exact) mass is 346 g/mol. The van der Waals surface area contributed by atoms with Gasteiger partial charge in [-0.05, 0) is 11.6 Å². The molecule has 0 radical (unpaired) electrons. The van der Waals surface area contributed by atoms with Crippen LogP contribution in [-0.4, -0.2) is 72.9 Å². The average molecular weight is 346 g/mol. The van der Waals surface area contributed by atoms with Gasteiger partial charge in [0.25, 0.3) is 11.8 Å². The molecule has 0 atom stereocenters. The maximum atomic E-state index is 12.4. The van der Waals surface area contributed by atoms with E-state index in [-0.39, 0.29) is 12.3 Å². The second kappa shape index (κ2) is 7.43. The maximum absolute atomic E-state index is 12.4. The summed E-state index contributed by atoms with van der Waals surface area (Å²) in [5.74, 6) is -2.09. The van der Waals surface area contributed by atoms with Crippen molar-refractivity contribution in [2.24, 2.45) is 0 Å². The molecule has 1 aromatic rings. The van der Waals surface area contributed by atoms with Crippen LogP contribution in [0.2, 0.25) is 0 Å². The van der Waals surface area contributed by atoms with Crippen LogP contribution in [0.4, 0.5) is 0 Å². The van der Waals surface area contributed by atoms with E-state index in [2.05, 4.69) is 0 Å². The second-order valence-corrected chi connectivity index (χ2v) is 5.77. The molecule has 2 aliphatic heterocycles. The number of hydrogen-bond acceptors (Lipinski definition) is 6. The van der Waals surface area contributed by atoms with Crippen molar-refractivity contribution >= 4 is 23.7 Å². The fourth-order valence-electron chi connectivity index (χ4n) is 2.78. The van der Waals surface area contributed by atoms with Crippen molar-refractivity contribution < 1.29 is 28.7 Å². The van der Waals surface area contributed by atoms with Crippen molar-refractivity contribution in [1.29, 1.82) is 0 Å². The Morgan fingerprint density at radius 2 is 1.84 bits per heavy atom. The summed E-state index contributed by atoms with van der Waals surface area (Å²) in [6.07, 6.45) is 0.0574. The van der Waals surface area contributed by atoms with E-state index in [1.165, 1.54) is 0 Å². The van der Waals surface area contributed by atoms with Gasteiger partial charge in [0, 0.05) is 18.7 Å². The summed E-state index contributed by atoms with van der Waals surface area (Å²) >= 11 is 0. The normalized spacial score (nSPS) is 17.3. The number of imide groups is 1. The number of esters is 1. The molecule has 0 N–H and O–H groups in total. The Hall–Kier alpha value is -2.74. The quantitative estimate of drug-likeness (QED) is 0.545. The highest BCUT2D eigenvalue weighted by atomic mass is 16.5. The van der Waals surface area contributed by atoms with Gasteiger partial charge in [0.15, 0.2) is 6.61 Å². The summed E-state index contributed by atoms with van der Waals surface area (Å²) in [7, 11) is 0. The van der Waals surface area contributed by atoms with Gasteiger partial charge < -0.3 is 14.4 Å². The minimum Gasteiger partial charge on any atom is -0.454 e. The molecule has 8 heteroatoms. The predicted molar refractivity (Wildman–Crippen MR) is 84.5 cm³/mol. The number of fused-ring (bicyclic) bond motifs is 1. The molecule has 1 fully saturated rings. The molecule has 0 unspecified atom stereocenters. The SMILES string of the molecule is O=C(CN1C(=O)Cc2ccccc2C1=O)OCC(=O)N1CCOCC1. The number of amides is 3. The standard InChI is InChI=1S/C17H18N2O6/c20-14-9-12-3-1-2-4-13(12)17(23)19(14)10-16(22)25-11-15(21)18-5-7-24-8-6-18/h1-4H,5-11H2. The van der Waals surface area contributed by atoms with Crippen molar-refractivity contribution in [3.63, 3.8) is 0 Å². The first-order chi connectivity index (χ1) is 12.1. The van der Waals surface area contributed by atoms with Crippen LogP contribution in [0.15, 0.2) is 24.3 Å². The molecule has 25 heavy (non-hydrogen) atoms. The third-order valence-electron chi connectivity index (χ3n) is 4.14. The lowest BCUT2D eigenvalue weighted by atomic mass is 9.98. The molecule has 0 bridgehead atoms. The summed E-state index contributed by atoms with van der Waals surface area (Å²) in [5.41, 5.74) is 1.05. The lowest BCUT2D eigenvalue weighted by molar-refractivity contribution is -0.155. The Labute approximate surface area is 144 Å². The van der Waals surface area contributed by atoms with Crippen molar-refractivity contribution in [2.75, 3.05) is 39.5 Å². The van der Waals surface area contributed by atoms with Crippen LogP contribution >= 0.6 is 0 Å². The number of rotatable bonds is 4. The zero-order valence-corrected chi connectivity index (χ0v) is 13.6. The Bertz CT molecular complexity index is 711. The van der Waals surface area contributed by atoms with Gasteiger partial charge in [-0.2, -0.15) is 0 Å². The minimum atomic E-state index is -0.789. The van der Waals surface area contributed by atoms with Gasteiger partial charge >= 0.3 is 5.97 Å². The molecule has 132 valence electrons. The predicted octanol–water partition coefficient (Wildman–Crippen LogP) is -0.386. The highest BCUT2D eigenvalue weighted by molar-refractivity contribution is 6.11. The molecule has 3 amide bonds. The van der Waals surface area contributed by atoms with Crippen LogP contribution in [0.25, 0.3) is 0 Å². The van der Waals surface area contributed by atoms with Crippen molar-refractivity contribution in [2.45, 2.75) is 6.42 Å². The zero-order valence-electron chi connectivity index (χ0n) is 13.6. The van der Waals surface area contributed by atoms with Crippen LogP contribution in [-0.2, 0) is 30.3 Å². The molecule has 1 aromatic carbocycles. The van der Waals surface area contributed by atoms with Gasteiger partial charge in [0.2, 0.25) is 5.91 Å². The van der Waals surface area contributed by atoms with E-state index in [4.69, 9.17) is 9.47 Å². The molecule has 0 aliphatic carbocycles. The lowest BCUT2D eigenvalue weighted by Crippen LogP contribution is -2.46. The maximum Gasteiger partial charge on any atom is 0.326 e. The van der Waals surface area contributed by atoms with Gasteiger partial charge in [0.1, 0.15) is 6.54 Å². The smallest absolute Gasteiger partial charge is 0.326 e. The Balaban J connectivity index is 1.55. The van der Waals surface area contributed by atoms with E-state index in [0.29, 0.717) is 37.4 Å². The topological polar surface area (TPSA) is 93.2 Å². The van der Waals surface area contributed by atoms with Crippen LogP contribution < -0.4 is 0 Å². The summed E-state index contributed by atoms with van der Waals surface area (Å²) in [4.78, 5) is 50.7. The van der Waals surface area contributed by atoms with E-state index in [9.17, 15) is 19.2 Å². The number of carbonyl (C=O) groups is 4. The molecule has 8 nitrogen and oxygen atoms in total. The number of ether oxygens (including phenoxy) is 2. The third-order valence-corrected chi connectivity index (χ3v) is 4.14. The van der Waals surface area contributed by atoms with E-state index in [1.807, 2.05) is 0 Å². The van der Waals surface area contributed by atoms with E-state index >= 15 is 0 Å². The number of nitrogens with zero attached hydrogens (tertiary/aromatic N) is 2. The van der Waals surface area contributed by atoms with Crippen molar-refractivity contribution in [3.8, 4) is 0 Å². The molecule has 2 aliphatic rings. The van der Waals surface area contributed by atoms with Crippen LogP contribution in [0.5, 0.6) is 0 Å². The number of benzene rings is 1. The van der Waals surface area contributed by atoms with Crippen LogP contribution in [0.1, 0.15) is 15.9 Å². The minimum absolute atomic E-state index is 0.0574. The summed E-state index contributed by atoms with van der Waals surface area (Å²) in [6, 6.07) is 6.77. The van der Waals surface area contributed by atoms with E-state index < -0.39 is 30.9 Å². The van der Waals surface area contributed by atoms with Crippen molar-refractivity contribution in [3.05, 3.63) is 35.4 Å². The summed E-state index contributed by atoms with van der Waals surface area (Å²) in [6.45, 7) is 0.909. The van der Waals surface area contributed by atoms with Crippen LogP contribution in [0, 0.1) is 0 Å². The fraction of sp³-hybridized carbons (Fsp3) is 0.412. The summed E-state index contributed by atoms with van der Waals surface area (Å²) in [5, 5.41) is 0. The first-order valence-electron chi connectivity index (χ1n) is 8.00. The van der Waals surface area contributed by atoms with Crippen LogP contribution in [0.3, 0.4) is 0 Å². The van der Waals surface area contributed by atoms with Gasteiger partial charge in [-0.3, -0.25) is 24.1 Å².